The Morgan fingerprint density at radius 1 is 1.38 bits per heavy atom. The van der Waals surface area contributed by atoms with E-state index in [9.17, 15) is 4.79 Å². The van der Waals surface area contributed by atoms with Crippen LogP contribution in [-0.2, 0) is 4.74 Å². The minimum absolute atomic E-state index is 0.318. The minimum atomic E-state index is -0.318. The van der Waals surface area contributed by atoms with Crippen molar-refractivity contribution < 1.29 is 9.53 Å². The van der Waals surface area contributed by atoms with Gasteiger partial charge in [-0.15, -0.1) is 11.3 Å². The SMILES string of the molecule is COC(=O)c1sc(NCC2CCC(C)C2)c(C2CC2)c1N. The van der Waals surface area contributed by atoms with Gasteiger partial charge in [0.25, 0.3) is 0 Å². The molecule has 0 spiro atoms. The molecule has 1 heterocycles. The Morgan fingerprint density at radius 3 is 2.71 bits per heavy atom. The quantitative estimate of drug-likeness (QED) is 0.811. The first-order valence-electron chi connectivity index (χ1n) is 7.84. The van der Waals surface area contributed by atoms with Crippen molar-refractivity contribution in [1.29, 1.82) is 0 Å². The van der Waals surface area contributed by atoms with E-state index in [0.29, 0.717) is 16.5 Å². The minimum Gasteiger partial charge on any atom is -0.465 e. The Labute approximate surface area is 130 Å². The highest BCUT2D eigenvalue weighted by Gasteiger charge is 2.33. The maximum absolute atomic E-state index is 11.8. The van der Waals surface area contributed by atoms with Gasteiger partial charge in [-0.05, 0) is 43.4 Å². The summed E-state index contributed by atoms with van der Waals surface area (Å²) in [6.45, 7) is 3.32. The zero-order valence-electron chi connectivity index (χ0n) is 12.8. The fraction of sp³-hybridized carbons (Fsp3) is 0.688. The summed E-state index contributed by atoms with van der Waals surface area (Å²) >= 11 is 1.46. The molecule has 0 aromatic carbocycles. The summed E-state index contributed by atoms with van der Waals surface area (Å²) < 4.78 is 4.84. The van der Waals surface area contributed by atoms with Crippen LogP contribution in [0.15, 0.2) is 0 Å². The molecular formula is C16H24N2O2S. The lowest BCUT2D eigenvalue weighted by molar-refractivity contribution is 0.0607. The third-order valence-electron chi connectivity index (χ3n) is 4.69. The van der Waals surface area contributed by atoms with Crippen LogP contribution in [0, 0.1) is 11.8 Å². The summed E-state index contributed by atoms with van der Waals surface area (Å²) in [5, 5.41) is 4.66. The number of nitrogen functional groups attached to an aromatic ring is 1. The predicted molar refractivity (Wildman–Crippen MR) is 87.0 cm³/mol. The number of methoxy groups -OCH3 is 1. The van der Waals surface area contributed by atoms with Crippen molar-refractivity contribution in [3.8, 4) is 0 Å². The summed E-state index contributed by atoms with van der Waals surface area (Å²) in [7, 11) is 1.41. The van der Waals surface area contributed by atoms with Gasteiger partial charge in [-0.25, -0.2) is 4.79 Å². The lowest BCUT2D eigenvalue weighted by atomic mass is 10.1. The maximum Gasteiger partial charge on any atom is 0.350 e. The Morgan fingerprint density at radius 2 is 2.14 bits per heavy atom. The van der Waals surface area contributed by atoms with Gasteiger partial charge in [0.15, 0.2) is 0 Å². The van der Waals surface area contributed by atoms with Crippen LogP contribution in [0.3, 0.4) is 0 Å². The summed E-state index contributed by atoms with van der Waals surface area (Å²) in [4.78, 5) is 12.4. The van der Waals surface area contributed by atoms with E-state index in [4.69, 9.17) is 10.5 Å². The molecule has 3 rings (SSSR count). The first kappa shape index (κ1) is 14.7. The monoisotopic (exact) mass is 308 g/mol. The van der Waals surface area contributed by atoms with E-state index >= 15 is 0 Å². The molecule has 116 valence electrons. The number of nitrogens with two attached hydrogens (primary N) is 1. The van der Waals surface area contributed by atoms with Gasteiger partial charge in [0.1, 0.15) is 4.88 Å². The predicted octanol–water partition coefficient (Wildman–Crippen LogP) is 3.84. The van der Waals surface area contributed by atoms with Crippen LogP contribution in [0.4, 0.5) is 10.7 Å². The number of anilines is 2. The second kappa shape index (κ2) is 5.87. The first-order valence-corrected chi connectivity index (χ1v) is 8.66. The smallest absolute Gasteiger partial charge is 0.350 e. The third kappa shape index (κ3) is 3.03. The highest BCUT2D eigenvalue weighted by Crippen LogP contribution is 2.51. The summed E-state index contributed by atoms with van der Waals surface area (Å²) in [5.41, 5.74) is 7.99. The highest BCUT2D eigenvalue weighted by molar-refractivity contribution is 7.18. The molecule has 0 radical (unpaired) electrons. The van der Waals surface area contributed by atoms with E-state index in [1.807, 2.05) is 0 Å². The standard InChI is InChI=1S/C16H24N2O2S/c1-9-3-4-10(7-9)8-18-15-12(11-5-6-11)13(17)14(21-15)16(19)20-2/h9-11,18H,3-8,17H2,1-2H3. The van der Waals surface area contributed by atoms with Crippen molar-refractivity contribution in [2.75, 3.05) is 24.7 Å². The molecule has 0 saturated heterocycles. The molecule has 2 fully saturated rings. The molecule has 2 aliphatic carbocycles. The number of carbonyl (C=O) groups excluding carboxylic acids is 1. The summed E-state index contributed by atoms with van der Waals surface area (Å²) in [6, 6.07) is 0. The van der Waals surface area contributed by atoms with Crippen LogP contribution in [0.2, 0.25) is 0 Å². The van der Waals surface area contributed by atoms with Gasteiger partial charge in [-0.1, -0.05) is 13.3 Å². The molecular weight excluding hydrogens is 284 g/mol. The van der Waals surface area contributed by atoms with Gasteiger partial charge in [-0.3, -0.25) is 0 Å². The average Bonchev–Trinajstić information content (AvgIpc) is 3.13. The van der Waals surface area contributed by atoms with E-state index in [2.05, 4.69) is 12.2 Å². The van der Waals surface area contributed by atoms with Crippen molar-refractivity contribution in [2.24, 2.45) is 11.8 Å². The van der Waals surface area contributed by atoms with Crippen LogP contribution in [0.25, 0.3) is 0 Å². The number of hydrogen-bond donors (Lipinski definition) is 2. The average molecular weight is 308 g/mol. The molecule has 2 atom stereocenters. The molecule has 1 aromatic heterocycles. The van der Waals surface area contributed by atoms with E-state index < -0.39 is 0 Å². The molecule has 4 nitrogen and oxygen atoms in total. The molecule has 2 saturated carbocycles. The molecule has 1 aromatic rings. The Hall–Kier alpha value is -1.23. The van der Waals surface area contributed by atoms with Gasteiger partial charge < -0.3 is 15.8 Å². The van der Waals surface area contributed by atoms with Crippen molar-refractivity contribution in [3.63, 3.8) is 0 Å². The number of thiophene rings is 1. The second-order valence-electron chi connectivity index (χ2n) is 6.52. The number of carbonyl (C=O) groups is 1. The van der Waals surface area contributed by atoms with Gasteiger partial charge in [0, 0.05) is 12.1 Å². The fourth-order valence-electron chi connectivity index (χ4n) is 3.36. The number of rotatable bonds is 5. The number of esters is 1. The second-order valence-corrected chi connectivity index (χ2v) is 7.54. The van der Waals surface area contributed by atoms with Gasteiger partial charge in [-0.2, -0.15) is 0 Å². The Balaban J connectivity index is 1.75. The van der Waals surface area contributed by atoms with Crippen LogP contribution < -0.4 is 11.1 Å². The van der Waals surface area contributed by atoms with Crippen LogP contribution >= 0.6 is 11.3 Å². The van der Waals surface area contributed by atoms with Crippen LogP contribution in [0.1, 0.15) is 60.2 Å². The van der Waals surface area contributed by atoms with Gasteiger partial charge >= 0.3 is 5.97 Å². The molecule has 0 amide bonds. The fourth-order valence-corrected chi connectivity index (χ4v) is 4.49. The van der Waals surface area contributed by atoms with E-state index in [-0.39, 0.29) is 5.97 Å². The molecule has 0 bridgehead atoms. The number of hydrogen-bond acceptors (Lipinski definition) is 5. The van der Waals surface area contributed by atoms with Gasteiger partial charge in [0.05, 0.1) is 17.8 Å². The summed E-state index contributed by atoms with van der Waals surface area (Å²) in [6.07, 6.45) is 6.29. The van der Waals surface area contributed by atoms with Crippen molar-refractivity contribution in [3.05, 3.63) is 10.4 Å². The molecule has 2 unspecified atom stereocenters. The molecule has 5 heteroatoms. The van der Waals surface area contributed by atoms with Crippen molar-refractivity contribution >= 4 is 28.0 Å². The van der Waals surface area contributed by atoms with E-state index in [1.165, 1.54) is 50.6 Å². The van der Waals surface area contributed by atoms with Crippen LogP contribution in [-0.4, -0.2) is 19.6 Å². The van der Waals surface area contributed by atoms with Crippen LogP contribution in [0.5, 0.6) is 0 Å². The Bertz CT molecular complexity index is 537. The van der Waals surface area contributed by atoms with E-state index in [0.717, 1.165) is 28.9 Å². The summed E-state index contributed by atoms with van der Waals surface area (Å²) in [5.74, 6) is 1.81. The molecule has 0 aliphatic heterocycles. The van der Waals surface area contributed by atoms with E-state index in [1.54, 1.807) is 0 Å². The maximum atomic E-state index is 11.8. The van der Waals surface area contributed by atoms with Crippen molar-refractivity contribution in [2.45, 2.75) is 44.9 Å². The van der Waals surface area contributed by atoms with Gasteiger partial charge in [0.2, 0.25) is 0 Å². The molecule has 21 heavy (non-hydrogen) atoms. The third-order valence-corrected chi connectivity index (χ3v) is 5.85. The molecule has 2 aliphatic rings. The normalized spacial score (nSPS) is 25.0. The topological polar surface area (TPSA) is 64.3 Å². The zero-order chi connectivity index (χ0) is 15.0. The Kier molecular flexibility index (Phi) is 4.11. The zero-order valence-corrected chi connectivity index (χ0v) is 13.6. The lowest BCUT2D eigenvalue weighted by Gasteiger charge is -2.12. The number of nitrogens with one attached hydrogen (secondary N) is 1. The highest BCUT2D eigenvalue weighted by atomic mass is 32.1. The number of ether oxygens (including phenoxy) is 1. The van der Waals surface area contributed by atoms with Crippen molar-refractivity contribution in [1.82, 2.24) is 0 Å². The first-order chi connectivity index (χ1) is 10.1. The largest absolute Gasteiger partial charge is 0.465 e. The lowest BCUT2D eigenvalue weighted by Crippen LogP contribution is -2.11. The molecule has 3 N–H and O–H groups in total.